The molecule has 0 spiro atoms. The quantitative estimate of drug-likeness (QED) is 0.369. The number of nitro groups is 1. The minimum atomic E-state index is -0.930. The van der Waals surface area contributed by atoms with Crippen LogP contribution in [0.3, 0.4) is 0 Å². The van der Waals surface area contributed by atoms with E-state index in [0.717, 1.165) is 32.1 Å². The van der Waals surface area contributed by atoms with Crippen molar-refractivity contribution in [3.05, 3.63) is 50.4 Å². The Balaban J connectivity index is 1.66. The van der Waals surface area contributed by atoms with Gasteiger partial charge in [-0.05, 0) is 50.5 Å². The van der Waals surface area contributed by atoms with Gasteiger partial charge < -0.3 is 19.5 Å². The molecule has 1 saturated carbocycles. The van der Waals surface area contributed by atoms with Crippen molar-refractivity contribution in [3.8, 4) is 11.5 Å². The van der Waals surface area contributed by atoms with Gasteiger partial charge >= 0.3 is 5.97 Å². The van der Waals surface area contributed by atoms with Crippen LogP contribution in [0.5, 0.6) is 11.5 Å². The van der Waals surface area contributed by atoms with Crippen LogP contribution in [-0.4, -0.2) is 29.6 Å². The van der Waals surface area contributed by atoms with Gasteiger partial charge in [-0.15, -0.1) is 0 Å². The van der Waals surface area contributed by atoms with E-state index >= 15 is 0 Å². The van der Waals surface area contributed by atoms with E-state index < -0.39 is 16.8 Å². The molecule has 0 saturated heterocycles. The van der Waals surface area contributed by atoms with Gasteiger partial charge in [-0.25, -0.2) is 4.79 Å². The molecular weight excluding hydrogens is 452 g/mol. The molecule has 0 amide bonds. The second-order valence-electron chi connectivity index (χ2n) is 10.6. The zero-order chi connectivity index (χ0) is 24.9. The van der Waals surface area contributed by atoms with Crippen molar-refractivity contribution in [3.63, 3.8) is 0 Å². The number of ether oxygens (including phenoxy) is 3. The third kappa shape index (κ3) is 4.28. The van der Waals surface area contributed by atoms with E-state index in [1.807, 2.05) is 13.8 Å². The van der Waals surface area contributed by atoms with Gasteiger partial charge in [-0.2, -0.15) is 0 Å². The van der Waals surface area contributed by atoms with Crippen LogP contribution in [0.25, 0.3) is 0 Å². The molecule has 5 rings (SSSR count). The molecule has 9 heteroatoms. The molecule has 0 bridgehead atoms. The summed E-state index contributed by atoms with van der Waals surface area (Å²) in [5.41, 5.74) is 1.63. The Hall–Kier alpha value is -3.36. The molecule has 0 unspecified atom stereocenters. The van der Waals surface area contributed by atoms with E-state index in [-0.39, 0.29) is 53.1 Å². The number of hydrogen-bond donors (Lipinski definition) is 1. The van der Waals surface area contributed by atoms with Gasteiger partial charge in [0.05, 0.1) is 22.5 Å². The second kappa shape index (κ2) is 8.70. The van der Waals surface area contributed by atoms with Crippen molar-refractivity contribution in [1.29, 1.82) is 0 Å². The molecule has 0 radical (unpaired) electrons. The van der Waals surface area contributed by atoms with Crippen LogP contribution >= 0.6 is 0 Å². The zero-order valence-electron chi connectivity index (χ0n) is 20.3. The minimum Gasteiger partial charge on any atom is -0.459 e. The summed E-state index contributed by atoms with van der Waals surface area (Å²) in [7, 11) is 0. The fraction of sp³-hybridized carbons (Fsp3) is 0.538. The lowest BCUT2D eigenvalue weighted by Gasteiger charge is -2.39. The van der Waals surface area contributed by atoms with Gasteiger partial charge in [0.1, 0.15) is 6.10 Å². The highest BCUT2D eigenvalue weighted by atomic mass is 16.7. The summed E-state index contributed by atoms with van der Waals surface area (Å²) >= 11 is 0. The van der Waals surface area contributed by atoms with E-state index in [9.17, 15) is 19.7 Å². The average Bonchev–Trinajstić information content (AvgIpc) is 3.24. The summed E-state index contributed by atoms with van der Waals surface area (Å²) in [6.45, 7) is 5.74. The number of nitro benzene ring substituents is 1. The van der Waals surface area contributed by atoms with Crippen molar-refractivity contribution in [2.24, 2.45) is 5.41 Å². The second-order valence-corrected chi connectivity index (χ2v) is 10.6. The van der Waals surface area contributed by atoms with Crippen molar-refractivity contribution in [2.75, 3.05) is 6.79 Å². The first-order valence-electron chi connectivity index (χ1n) is 12.2. The molecule has 2 heterocycles. The molecule has 35 heavy (non-hydrogen) atoms. The predicted molar refractivity (Wildman–Crippen MR) is 126 cm³/mol. The maximum absolute atomic E-state index is 13.6. The van der Waals surface area contributed by atoms with E-state index in [2.05, 4.69) is 5.32 Å². The first kappa shape index (κ1) is 23.4. The number of rotatable bonds is 4. The number of dihydropyridines is 1. The number of fused-ring (bicyclic) bond motifs is 1. The Morgan fingerprint density at radius 2 is 1.83 bits per heavy atom. The highest BCUT2D eigenvalue weighted by Gasteiger charge is 2.46. The van der Waals surface area contributed by atoms with Crippen LogP contribution in [0.1, 0.15) is 77.2 Å². The van der Waals surface area contributed by atoms with E-state index in [1.54, 1.807) is 6.92 Å². The maximum Gasteiger partial charge on any atom is 0.337 e. The Bertz CT molecular complexity index is 1170. The molecular formula is C26H30N2O7. The number of carbonyl (C=O) groups is 2. The molecule has 1 N–H and O–H groups in total. The third-order valence-electron chi connectivity index (χ3n) is 7.32. The largest absolute Gasteiger partial charge is 0.459 e. The lowest BCUT2D eigenvalue weighted by atomic mass is 9.68. The number of ketones is 1. The molecule has 2 aliphatic heterocycles. The molecule has 1 aromatic carbocycles. The van der Waals surface area contributed by atoms with Crippen LogP contribution in [0.2, 0.25) is 0 Å². The number of Topliss-reactive ketones (excluding diaryl/α,β-unsaturated/α-hetero) is 1. The smallest absolute Gasteiger partial charge is 0.337 e. The lowest BCUT2D eigenvalue weighted by Crippen LogP contribution is -2.39. The summed E-state index contributed by atoms with van der Waals surface area (Å²) < 4.78 is 16.8. The number of hydrogen-bond acceptors (Lipinski definition) is 8. The van der Waals surface area contributed by atoms with Crippen LogP contribution in [0.15, 0.2) is 34.7 Å². The minimum absolute atomic E-state index is 0.0469. The summed E-state index contributed by atoms with van der Waals surface area (Å²) in [5, 5.41) is 15.4. The third-order valence-corrected chi connectivity index (χ3v) is 7.32. The Kier molecular flexibility index (Phi) is 5.81. The average molecular weight is 483 g/mol. The number of nitrogens with one attached hydrogen (secondary N) is 1. The fourth-order valence-electron chi connectivity index (χ4n) is 5.75. The summed E-state index contributed by atoms with van der Waals surface area (Å²) in [6.07, 6.45) is 5.37. The van der Waals surface area contributed by atoms with Gasteiger partial charge in [0.25, 0.3) is 5.69 Å². The fourth-order valence-corrected chi connectivity index (χ4v) is 5.75. The van der Waals surface area contributed by atoms with Gasteiger partial charge in [0.2, 0.25) is 6.79 Å². The molecule has 0 aromatic heterocycles. The number of esters is 1. The highest BCUT2D eigenvalue weighted by Crippen LogP contribution is 2.51. The van der Waals surface area contributed by atoms with Crippen molar-refractivity contribution >= 4 is 17.4 Å². The van der Waals surface area contributed by atoms with Crippen LogP contribution in [0.4, 0.5) is 5.69 Å². The monoisotopic (exact) mass is 482 g/mol. The Morgan fingerprint density at radius 3 is 2.51 bits per heavy atom. The van der Waals surface area contributed by atoms with Crippen molar-refractivity contribution in [1.82, 2.24) is 5.32 Å². The number of nitrogens with zero attached hydrogens (tertiary/aromatic N) is 1. The van der Waals surface area contributed by atoms with Gasteiger partial charge in [0.15, 0.2) is 17.3 Å². The van der Waals surface area contributed by atoms with Gasteiger partial charge in [0, 0.05) is 29.0 Å². The molecule has 186 valence electrons. The molecule has 2 aliphatic carbocycles. The predicted octanol–water partition coefficient (Wildman–Crippen LogP) is 4.80. The molecule has 4 aliphatic rings. The number of allylic oxidation sites excluding steroid dienone is 3. The van der Waals surface area contributed by atoms with Crippen LogP contribution < -0.4 is 14.8 Å². The Morgan fingerprint density at radius 1 is 1.14 bits per heavy atom. The molecule has 9 nitrogen and oxygen atoms in total. The SMILES string of the molecule is CC1=C(C(=O)OC2CCCCC2)[C@@H](c2cc3c(cc2[N+](=O)[O-])OCO3)C2=C(CC(C)(C)CC2=O)N1. The molecule has 1 fully saturated rings. The first-order valence-corrected chi connectivity index (χ1v) is 12.2. The summed E-state index contributed by atoms with van der Waals surface area (Å²) in [4.78, 5) is 38.8. The summed E-state index contributed by atoms with van der Waals surface area (Å²) in [6, 6.07) is 2.85. The molecule has 1 aromatic rings. The topological polar surface area (TPSA) is 117 Å². The van der Waals surface area contributed by atoms with E-state index in [4.69, 9.17) is 14.2 Å². The summed E-state index contributed by atoms with van der Waals surface area (Å²) in [5.74, 6) is -0.973. The lowest BCUT2D eigenvalue weighted by molar-refractivity contribution is -0.385. The maximum atomic E-state index is 13.6. The van der Waals surface area contributed by atoms with E-state index in [0.29, 0.717) is 29.1 Å². The standard InChI is InChI=1S/C26H30N2O7/c1-14-22(25(30)35-15-7-5-4-6-8-15)23(24-17(27-14)11-26(2,3)12-19(24)29)16-9-20-21(34-13-33-20)10-18(16)28(31)32/h9-10,15,23,27H,4-8,11-13H2,1-3H3/t23-/m1/s1. The first-order chi connectivity index (χ1) is 16.6. The van der Waals surface area contributed by atoms with Gasteiger partial charge in [-0.1, -0.05) is 20.3 Å². The van der Waals surface area contributed by atoms with Crippen LogP contribution in [-0.2, 0) is 14.3 Å². The van der Waals surface area contributed by atoms with E-state index in [1.165, 1.54) is 12.1 Å². The zero-order valence-corrected chi connectivity index (χ0v) is 20.3. The normalized spacial score (nSPS) is 23.6. The Labute approximate surface area is 203 Å². The van der Waals surface area contributed by atoms with Crippen molar-refractivity contribution < 1.29 is 28.7 Å². The van der Waals surface area contributed by atoms with Gasteiger partial charge in [-0.3, -0.25) is 14.9 Å². The molecule has 1 atom stereocenters. The highest BCUT2D eigenvalue weighted by molar-refractivity contribution is 6.04. The van der Waals surface area contributed by atoms with Crippen LogP contribution in [0, 0.1) is 15.5 Å². The number of benzene rings is 1. The van der Waals surface area contributed by atoms with Crippen molar-refractivity contribution in [2.45, 2.75) is 77.7 Å². The number of carbonyl (C=O) groups excluding carboxylic acids is 2.